The maximum Gasteiger partial charge on any atom is 0.114 e. The summed E-state index contributed by atoms with van der Waals surface area (Å²) in [5.74, 6) is -0.245. The summed E-state index contributed by atoms with van der Waals surface area (Å²) in [5, 5.41) is 0. The van der Waals surface area contributed by atoms with Crippen molar-refractivity contribution in [2.75, 3.05) is 0 Å². The van der Waals surface area contributed by atoms with Crippen LogP contribution in [0.2, 0.25) is 5.82 Å². The van der Waals surface area contributed by atoms with Crippen LogP contribution in [-0.2, 0) is 4.79 Å². The van der Waals surface area contributed by atoms with E-state index in [-0.39, 0.29) is 5.82 Å². The minimum atomic E-state index is -0.245. The molecule has 6 heavy (non-hydrogen) atoms. The van der Waals surface area contributed by atoms with Crippen LogP contribution in [0.25, 0.3) is 0 Å². The fourth-order valence-electron chi connectivity index (χ4n) is 0.0962. The zero-order valence-corrected chi connectivity index (χ0v) is 3.85. The van der Waals surface area contributed by atoms with Crippen molar-refractivity contribution < 1.29 is 4.79 Å². The van der Waals surface area contributed by atoms with Gasteiger partial charge in [0, 0.05) is 0 Å². The van der Waals surface area contributed by atoms with Crippen LogP contribution in [0.5, 0.6) is 0 Å². The molecule has 0 saturated carbocycles. The lowest BCUT2D eigenvalue weighted by molar-refractivity contribution is -0.107. The van der Waals surface area contributed by atoms with Crippen LogP contribution in [0, 0.1) is 0 Å². The van der Waals surface area contributed by atoms with Crippen molar-refractivity contribution in [2.24, 2.45) is 0 Å². The number of carbonyl (C=O) groups excluding carboxylic acids is 1. The smallest absolute Gasteiger partial charge is 0.114 e. The largest absolute Gasteiger partial charge is 0.304 e. The highest BCUT2D eigenvalue weighted by atomic mass is 16.1. The van der Waals surface area contributed by atoms with E-state index in [4.69, 9.17) is 7.85 Å². The first-order valence-corrected chi connectivity index (χ1v) is 2.02. The van der Waals surface area contributed by atoms with Crippen LogP contribution in [0.1, 0.15) is 13.3 Å². The second-order valence-electron chi connectivity index (χ2n) is 1.21. The van der Waals surface area contributed by atoms with E-state index in [1.807, 2.05) is 6.92 Å². The average molecular weight is 81.9 g/mol. The van der Waals surface area contributed by atoms with Gasteiger partial charge in [-0.1, -0.05) is 13.3 Å². The molecule has 0 rings (SSSR count). The van der Waals surface area contributed by atoms with Gasteiger partial charge in [-0.15, -0.1) is 0 Å². The Kier molecular flexibility index (Phi) is 2.82. The lowest BCUT2D eigenvalue weighted by Crippen LogP contribution is -1.87. The Hall–Kier alpha value is -0.265. The molecule has 0 heterocycles. The molecule has 0 aliphatic rings. The fraction of sp³-hybridized carbons (Fsp3) is 0.750. The number of aldehydes is 1. The summed E-state index contributed by atoms with van der Waals surface area (Å²) in [4.78, 5) is 9.61. The van der Waals surface area contributed by atoms with E-state index in [1.165, 1.54) is 0 Å². The first-order chi connectivity index (χ1) is 2.81. The molecule has 2 radical (unpaired) electrons. The Bertz CT molecular complexity index is 44.8. The summed E-state index contributed by atoms with van der Waals surface area (Å²) < 4.78 is 0. The van der Waals surface area contributed by atoms with Gasteiger partial charge in [-0.05, 0) is 5.82 Å². The van der Waals surface area contributed by atoms with Gasteiger partial charge < -0.3 is 4.79 Å². The first kappa shape index (κ1) is 5.73. The van der Waals surface area contributed by atoms with E-state index in [0.29, 0.717) is 0 Å². The Balaban J connectivity index is 2.96. The molecule has 0 fully saturated rings. The van der Waals surface area contributed by atoms with Crippen LogP contribution in [-0.4, -0.2) is 14.1 Å². The number of carbonyl (C=O) groups is 1. The Morgan fingerprint density at radius 2 is 2.50 bits per heavy atom. The quantitative estimate of drug-likeness (QED) is 0.351. The fourth-order valence-corrected chi connectivity index (χ4v) is 0.0962. The molecule has 0 aliphatic carbocycles. The van der Waals surface area contributed by atoms with Crippen molar-refractivity contribution in [3.8, 4) is 0 Å². The maximum absolute atomic E-state index is 9.61. The zero-order valence-electron chi connectivity index (χ0n) is 3.85. The van der Waals surface area contributed by atoms with Gasteiger partial charge in [0.2, 0.25) is 0 Å². The van der Waals surface area contributed by atoms with E-state index in [2.05, 4.69) is 0 Å². The molecule has 0 aliphatic heterocycles. The summed E-state index contributed by atoms with van der Waals surface area (Å²) in [6.45, 7) is 1.87. The standard InChI is InChI=1S/C4H7BO/c1-2-4(5)3-6/h3-4H,2H2,1H3. The molecule has 1 nitrogen and oxygen atoms in total. The molecular weight excluding hydrogens is 74.9 g/mol. The van der Waals surface area contributed by atoms with Gasteiger partial charge in [-0.2, -0.15) is 0 Å². The van der Waals surface area contributed by atoms with Gasteiger partial charge in [0.15, 0.2) is 0 Å². The Morgan fingerprint density at radius 1 is 2.00 bits per heavy atom. The van der Waals surface area contributed by atoms with Crippen molar-refractivity contribution >= 4 is 14.1 Å². The molecule has 0 bridgehead atoms. The van der Waals surface area contributed by atoms with E-state index in [9.17, 15) is 4.79 Å². The lowest BCUT2D eigenvalue weighted by atomic mass is 9.87. The SMILES string of the molecule is [B]C(C=O)CC. The van der Waals surface area contributed by atoms with Gasteiger partial charge in [0.1, 0.15) is 6.29 Å². The Morgan fingerprint density at radius 3 is 2.50 bits per heavy atom. The predicted octanol–water partition coefficient (Wildman–Crippen LogP) is 0.552. The topological polar surface area (TPSA) is 17.1 Å². The van der Waals surface area contributed by atoms with Crippen LogP contribution in [0.3, 0.4) is 0 Å². The third-order valence-electron chi connectivity index (χ3n) is 0.646. The maximum atomic E-state index is 9.61. The molecule has 0 N–H and O–H groups in total. The van der Waals surface area contributed by atoms with E-state index in [0.717, 1.165) is 12.7 Å². The summed E-state index contributed by atoms with van der Waals surface area (Å²) in [7, 11) is 5.10. The first-order valence-electron chi connectivity index (χ1n) is 2.02. The molecule has 0 amide bonds. The van der Waals surface area contributed by atoms with Crippen molar-refractivity contribution in [1.29, 1.82) is 0 Å². The molecule has 0 aromatic carbocycles. The molecular formula is C4H7BO. The predicted molar refractivity (Wildman–Crippen MR) is 25.9 cm³/mol. The summed E-state index contributed by atoms with van der Waals surface area (Å²) >= 11 is 0. The van der Waals surface area contributed by atoms with E-state index in [1.54, 1.807) is 0 Å². The normalized spacial score (nSPS) is 13.5. The van der Waals surface area contributed by atoms with E-state index >= 15 is 0 Å². The van der Waals surface area contributed by atoms with Gasteiger partial charge in [-0.3, -0.25) is 0 Å². The van der Waals surface area contributed by atoms with Crippen LogP contribution < -0.4 is 0 Å². The molecule has 0 aromatic rings. The van der Waals surface area contributed by atoms with Gasteiger partial charge >= 0.3 is 0 Å². The second kappa shape index (κ2) is 2.95. The molecule has 32 valence electrons. The third kappa shape index (κ3) is 2.00. The average Bonchev–Trinajstić information content (AvgIpc) is 1.65. The molecule has 0 saturated heterocycles. The molecule has 0 spiro atoms. The lowest BCUT2D eigenvalue weighted by Gasteiger charge is -1.89. The monoisotopic (exact) mass is 82.1 g/mol. The minimum Gasteiger partial charge on any atom is -0.304 e. The third-order valence-corrected chi connectivity index (χ3v) is 0.646. The molecule has 1 unspecified atom stereocenters. The van der Waals surface area contributed by atoms with Gasteiger partial charge in [0.25, 0.3) is 0 Å². The van der Waals surface area contributed by atoms with Crippen molar-refractivity contribution in [1.82, 2.24) is 0 Å². The summed E-state index contributed by atoms with van der Waals surface area (Å²) in [5.41, 5.74) is 0. The Labute approximate surface area is 39.1 Å². The second-order valence-corrected chi connectivity index (χ2v) is 1.21. The van der Waals surface area contributed by atoms with Crippen molar-refractivity contribution in [3.63, 3.8) is 0 Å². The highest BCUT2D eigenvalue weighted by Gasteiger charge is 1.88. The highest BCUT2D eigenvalue weighted by Crippen LogP contribution is 1.95. The van der Waals surface area contributed by atoms with Crippen molar-refractivity contribution in [2.45, 2.75) is 19.2 Å². The number of hydrogen-bond donors (Lipinski definition) is 0. The van der Waals surface area contributed by atoms with Crippen molar-refractivity contribution in [3.05, 3.63) is 0 Å². The van der Waals surface area contributed by atoms with Crippen LogP contribution in [0.4, 0.5) is 0 Å². The van der Waals surface area contributed by atoms with Crippen LogP contribution in [0.15, 0.2) is 0 Å². The molecule has 0 aromatic heterocycles. The number of hydrogen-bond acceptors (Lipinski definition) is 1. The summed E-state index contributed by atoms with van der Waals surface area (Å²) in [6.07, 6.45) is 1.49. The minimum absolute atomic E-state index is 0.245. The number of rotatable bonds is 2. The highest BCUT2D eigenvalue weighted by molar-refractivity contribution is 6.19. The summed E-state index contributed by atoms with van der Waals surface area (Å²) in [6, 6.07) is 0. The molecule has 1 atom stereocenters. The zero-order chi connectivity index (χ0) is 4.99. The molecule has 2 heteroatoms. The van der Waals surface area contributed by atoms with Crippen LogP contribution >= 0.6 is 0 Å². The van der Waals surface area contributed by atoms with Gasteiger partial charge in [0.05, 0.1) is 7.85 Å². The van der Waals surface area contributed by atoms with E-state index < -0.39 is 0 Å². The van der Waals surface area contributed by atoms with Gasteiger partial charge in [-0.25, -0.2) is 0 Å².